The highest BCUT2D eigenvalue weighted by molar-refractivity contribution is 5.15. The van der Waals surface area contributed by atoms with Gasteiger partial charge in [-0.3, -0.25) is 0 Å². The second-order valence-electron chi connectivity index (χ2n) is 4.17. The molecule has 0 unspecified atom stereocenters. The van der Waals surface area contributed by atoms with Crippen LogP contribution in [0.3, 0.4) is 0 Å². The Morgan fingerprint density at radius 1 is 1.33 bits per heavy atom. The molecule has 0 amide bonds. The second kappa shape index (κ2) is 4.50. The van der Waals surface area contributed by atoms with Gasteiger partial charge in [0, 0.05) is 30.5 Å². The topological polar surface area (TPSA) is 92.3 Å². The van der Waals surface area contributed by atoms with Gasteiger partial charge in [-0.05, 0) is 12.8 Å². The lowest BCUT2D eigenvalue weighted by atomic mass is 10.3. The first kappa shape index (κ1) is 10.8. The van der Waals surface area contributed by atoms with Crippen LogP contribution < -0.4 is 5.32 Å². The molecule has 90 valence electrons. The van der Waals surface area contributed by atoms with E-state index in [2.05, 4.69) is 25.4 Å². The maximum absolute atomic E-state index is 8.63. The lowest BCUT2D eigenvalue weighted by Crippen LogP contribution is -2.16. The number of nitrogens with zero attached hydrogens (tertiary/aromatic N) is 6. The maximum Gasteiger partial charge on any atom is 0.252 e. The third-order valence-corrected chi connectivity index (χ3v) is 2.66. The van der Waals surface area contributed by atoms with Crippen LogP contribution >= 0.6 is 0 Å². The molecule has 1 fully saturated rings. The van der Waals surface area contributed by atoms with Crippen molar-refractivity contribution in [3.8, 4) is 12.0 Å². The maximum atomic E-state index is 8.63. The van der Waals surface area contributed by atoms with Gasteiger partial charge < -0.3 is 5.32 Å². The normalized spacial score (nSPS) is 14.4. The van der Waals surface area contributed by atoms with Crippen LogP contribution in [0.2, 0.25) is 0 Å². The zero-order valence-electron chi connectivity index (χ0n) is 9.61. The molecule has 2 heterocycles. The predicted octanol–water partition coefficient (Wildman–Crippen LogP) is 0.181. The van der Waals surface area contributed by atoms with Crippen LogP contribution in [0.15, 0.2) is 18.7 Å². The van der Waals surface area contributed by atoms with Crippen molar-refractivity contribution in [3.63, 3.8) is 0 Å². The number of rotatable bonds is 4. The van der Waals surface area contributed by atoms with E-state index in [0.717, 1.165) is 12.1 Å². The highest BCUT2D eigenvalue weighted by atomic mass is 15.4. The smallest absolute Gasteiger partial charge is 0.252 e. The Kier molecular flexibility index (Phi) is 2.70. The van der Waals surface area contributed by atoms with Crippen LogP contribution in [0.4, 0.5) is 0 Å². The first-order valence-corrected chi connectivity index (χ1v) is 5.71. The molecule has 0 aromatic carbocycles. The van der Waals surface area contributed by atoms with Crippen molar-refractivity contribution < 1.29 is 0 Å². The fourth-order valence-corrected chi connectivity index (χ4v) is 1.52. The van der Waals surface area contributed by atoms with Crippen molar-refractivity contribution in [2.45, 2.75) is 25.4 Å². The molecular formula is C11H11N7. The van der Waals surface area contributed by atoms with Gasteiger partial charge in [0.25, 0.3) is 11.8 Å². The van der Waals surface area contributed by atoms with Crippen LogP contribution in [-0.4, -0.2) is 30.8 Å². The molecule has 0 spiro atoms. The van der Waals surface area contributed by atoms with E-state index >= 15 is 0 Å². The van der Waals surface area contributed by atoms with E-state index in [1.807, 2.05) is 6.07 Å². The SMILES string of the molecule is N#Cc1ncn(-c2ncc(CNC3CC3)cn2)n1. The van der Waals surface area contributed by atoms with Crippen LogP contribution in [0.5, 0.6) is 0 Å². The molecule has 7 nitrogen and oxygen atoms in total. The average molecular weight is 241 g/mol. The average Bonchev–Trinajstić information content (AvgIpc) is 3.12. The summed E-state index contributed by atoms with van der Waals surface area (Å²) in [6.45, 7) is 0.783. The molecule has 1 aliphatic rings. The summed E-state index contributed by atoms with van der Waals surface area (Å²) in [5.74, 6) is 0.525. The molecule has 0 radical (unpaired) electrons. The number of nitriles is 1. The highest BCUT2D eigenvalue weighted by Crippen LogP contribution is 2.19. The molecule has 0 atom stereocenters. The van der Waals surface area contributed by atoms with Crippen molar-refractivity contribution in [1.82, 2.24) is 30.0 Å². The fourth-order valence-electron chi connectivity index (χ4n) is 1.52. The minimum atomic E-state index is 0.109. The molecule has 1 N–H and O–H groups in total. The van der Waals surface area contributed by atoms with Gasteiger partial charge in [0.1, 0.15) is 12.4 Å². The van der Waals surface area contributed by atoms with Crippen LogP contribution in [0.25, 0.3) is 5.95 Å². The molecule has 1 aliphatic carbocycles. The Bertz CT molecular complexity index is 576. The number of hydrogen-bond acceptors (Lipinski definition) is 6. The van der Waals surface area contributed by atoms with Gasteiger partial charge in [-0.1, -0.05) is 0 Å². The van der Waals surface area contributed by atoms with Crippen molar-refractivity contribution in [2.24, 2.45) is 0 Å². The monoisotopic (exact) mass is 241 g/mol. The van der Waals surface area contributed by atoms with E-state index in [-0.39, 0.29) is 5.82 Å². The zero-order chi connectivity index (χ0) is 12.4. The molecule has 7 heteroatoms. The van der Waals surface area contributed by atoms with Crippen molar-refractivity contribution in [2.75, 3.05) is 0 Å². The number of aromatic nitrogens is 5. The zero-order valence-corrected chi connectivity index (χ0v) is 9.61. The Morgan fingerprint density at radius 3 is 2.72 bits per heavy atom. The summed E-state index contributed by atoms with van der Waals surface area (Å²) >= 11 is 0. The van der Waals surface area contributed by atoms with Crippen LogP contribution in [0.1, 0.15) is 24.2 Å². The van der Waals surface area contributed by atoms with Gasteiger partial charge in [-0.15, -0.1) is 5.10 Å². The minimum absolute atomic E-state index is 0.109. The quantitative estimate of drug-likeness (QED) is 0.820. The first-order valence-electron chi connectivity index (χ1n) is 5.71. The summed E-state index contributed by atoms with van der Waals surface area (Å²) in [7, 11) is 0. The minimum Gasteiger partial charge on any atom is -0.310 e. The Labute approximate surface area is 104 Å². The summed E-state index contributed by atoms with van der Waals surface area (Å²) in [5.41, 5.74) is 1.03. The Balaban J connectivity index is 1.71. The molecule has 0 saturated heterocycles. The molecule has 18 heavy (non-hydrogen) atoms. The van der Waals surface area contributed by atoms with Gasteiger partial charge >= 0.3 is 0 Å². The van der Waals surface area contributed by atoms with E-state index in [4.69, 9.17) is 5.26 Å². The lowest BCUT2D eigenvalue weighted by molar-refractivity contribution is 0.680. The third kappa shape index (κ3) is 2.33. The van der Waals surface area contributed by atoms with E-state index < -0.39 is 0 Å². The first-order chi connectivity index (χ1) is 8.85. The third-order valence-electron chi connectivity index (χ3n) is 2.66. The van der Waals surface area contributed by atoms with Gasteiger partial charge in [0.2, 0.25) is 0 Å². The van der Waals surface area contributed by atoms with Crippen molar-refractivity contribution >= 4 is 0 Å². The molecule has 0 aliphatic heterocycles. The molecule has 2 aromatic heterocycles. The van der Waals surface area contributed by atoms with E-state index in [0.29, 0.717) is 12.0 Å². The molecule has 0 bridgehead atoms. The number of hydrogen-bond donors (Lipinski definition) is 1. The highest BCUT2D eigenvalue weighted by Gasteiger charge is 2.19. The summed E-state index contributed by atoms with van der Waals surface area (Å²) in [6, 6.07) is 2.52. The lowest BCUT2D eigenvalue weighted by Gasteiger charge is -2.03. The fraction of sp³-hybridized carbons (Fsp3) is 0.364. The Morgan fingerprint density at radius 2 is 2.11 bits per heavy atom. The summed E-state index contributed by atoms with van der Waals surface area (Å²) < 4.78 is 1.39. The van der Waals surface area contributed by atoms with Crippen molar-refractivity contribution in [1.29, 1.82) is 5.26 Å². The molecule has 2 aromatic rings. The van der Waals surface area contributed by atoms with E-state index in [1.54, 1.807) is 12.4 Å². The molecule has 1 saturated carbocycles. The summed E-state index contributed by atoms with van der Waals surface area (Å²) in [4.78, 5) is 12.2. The number of nitrogens with one attached hydrogen (secondary N) is 1. The van der Waals surface area contributed by atoms with Crippen LogP contribution in [0, 0.1) is 11.3 Å². The largest absolute Gasteiger partial charge is 0.310 e. The van der Waals surface area contributed by atoms with Gasteiger partial charge in [0.15, 0.2) is 0 Å². The summed E-state index contributed by atoms with van der Waals surface area (Å²) in [5, 5.41) is 15.9. The van der Waals surface area contributed by atoms with E-state index in [9.17, 15) is 0 Å². The van der Waals surface area contributed by atoms with E-state index in [1.165, 1.54) is 23.9 Å². The van der Waals surface area contributed by atoms with Crippen molar-refractivity contribution in [3.05, 3.63) is 30.1 Å². The standard InChI is InChI=1S/C11H11N7/c12-3-10-16-7-18(17-10)11-14-5-8(6-15-11)4-13-9-1-2-9/h5-7,9,13H,1-2,4H2. The summed E-state index contributed by atoms with van der Waals surface area (Å²) in [6.07, 6.45) is 7.45. The van der Waals surface area contributed by atoms with Crippen LogP contribution in [-0.2, 0) is 6.54 Å². The Hall–Kier alpha value is -2.33. The van der Waals surface area contributed by atoms with Gasteiger partial charge in [-0.25, -0.2) is 15.0 Å². The predicted molar refractivity (Wildman–Crippen MR) is 61.5 cm³/mol. The second-order valence-corrected chi connectivity index (χ2v) is 4.17. The molecular weight excluding hydrogens is 230 g/mol. The van der Waals surface area contributed by atoms with Gasteiger partial charge in [0.05, 0.1) is 0 Å². The van der Waals surface area contributed by atoms with Gasteiger partial charge in [-0.2, -0.15) is 9.94 Å². The molecule has 3 rings (SSSR count).